The van der Waals surface area contributed by atoms with E-state index in [1.165, 1.54) is 0 Å². The SMILES string of the molecule is CCCOC(=O)CCCC(=O)Oc1ccccc1OC(C)C. The van der Waals surface area contributed by atoms with Gasteiger partial charge in [0.2, 0.25) is 0 Å². The fourth-order valence-electron chi connectivity index (χ4n) is 1.72. The zero-order valence-electron chi connectivity index (χ0n) is 13.5. The molecule has 0 bridgehead atoms. The third-order valence-electron chi connectivity index (χ3n) is 2.66. The van der Waals surface area contributed by atoms with Gasteiger partial charge in [0.15, 0.2) is 11.5 Å². The van der Waals surface area contributed by atoms with Crippen molar-refractivity contribution in [2.45, 2.75) is 52.6 Å². The zero-order valence-corrected chi connectivity index (χ0v) is 13.5. The minimum atomic E-state index is -0.386. The van der Waals surface area contributed by atoms with Crippen molar-refractivity contribution in [3.05, 3.63) is 24.3 Å². The number of ether oxygens (including phenoxy) is 3. The van der Waals surface area contributed by atoms with E-state index in [0.29, 0.717) is 24.5 Å². The highest BCUT2D eigenvalue weighted by molar-refractivity contribution is 5.74. The van der Waals surface area contributed by atoms with Crippen LogP contribution in [0.25, 0.3) is 0 Å². The number of carbonyl (C=O) groups excluding carboxylic acids is 2. The molecule has 0 saturated heterocycles. The highest BCUT2D eigenvalue weighted by Gasteiger charge is 2.12. The molecule has 1 rings (SSSR count). The summed E-state index contributed by atoms with van der Waals surface area (Å²) in [7, 11) is 0. The van der Waals surface area contributed by atoms with Crippen molar-refractivity contribution in [2.75, 3.05) is 6.61 Å². The lowest BCUT2D eigenvalue weighted by atomic mass is 10.2. The second kappa shape index (κ2) is 9.82. The fraction of sp³-hybridized carbons (Fsp3) is 0.529. The molecule has 0 aliphatic heterocycles. The molecule has 1 aromatic rings. The molecular weight excluding hydrogens is 284 g/mol. The van der Waals surface area contributed by atoms with E-state index in [-0.39, 0.29) is 30.9 Å². The van der Waals surface area contributed by atoms with Gasteiger partial charge in [-0.1, -0.05) is 19.1 Å². The molecule has 0 heterocycles. The first-order chi connectivity index (χ1) is 10.5. The predicted molar refractivity (Wildman–Crippen MR) is 82.9 cm³/mol. The Hall–Kier alpha value is -2.04. The Morgan fingerprint density at radius 3 is 2.32 bits per heavy atom. The Morgan fingerprint density at radius 2 is 1.68 bits per heavy atom. The van der Waals surface area contributed by atoms with Crippen LogP contribution in [0.2, 0.25) is 0 Å². The second-order valence-electron chi connectivity index (χ2n) is 5.16. The van der Waals surface area contributed by atoms with Crippen LogP contribution in [0, 0.1) is 0 Å². The van der Waals surface area contributed by atoms with Gasteiger partial charge in [0.25, 0.3) is 0 Å². The summed E-state index contributed by atoms with van der Waals surface area (Å²) in [5.41, 5.74) is 0. The Morgan fingerprint density at radius 1 is 1.05 bits per heavy atom. The second-order valence-corrected chi connectivity index (χ2v) is 5.16. The molecule has 0 aromatic heterocycles. The van der Waals surface area contributed by atoms with E-state index in [1.54, 1.807) is 18.2 Å². The van der Waals surface area contributed by atoms with Crippen molar-refractivity contribution < 1.29 is 23.8 Å². The van der Waals surface area contributed by atoms with Gasteiger partial charge in [-0.2, -0.15) is 0 Å². The number of rotatable bonds is 9. The Labute approximate surface area is 131 Å². The van der Waals surface area contributed by atoms with E-state index in [4.69, 9.17) is 14.2 Å². The maximum atomic E-state index is 11.8. The molecule has 0 radical (unpaired) electrons. The van der Waals surface area contributed by atoms with Gasteiger partial charge in [-0.25, -0.2) is 0 Å². The van der Waals surface area contributed by atoms with Crippen LogP contribution in [0.15, 0.2) is 24.3 Å². The van der Waals surface area contributed by atoms with E-state index in [2.05, 4.69) is 0 Å². The normalized spacial score (nSPS) is 10.4. The van der Waals surface area contributed by atoms with Crippen LogP contribution in [0.1, 0.15) is 46.5 Å². The molecule has 0 aliphatic rings. The minimum Gasteiger partial charge on any atom is -0.487 e. The van der Waals surface area contributed by atoms with E-state index < -0.39 is 0 Å². The summed E-state index contributed by atoms with van der Waals surface area (Å²) in [6.45, 7) is 6.16. The van der Waals surface area contributed by atoms with E-state index in [9.17, 15) is 9.59 Å². The van der Waals surface area contributed by atoms with Crippen molar-refractivity contribution in [3.8, 4) is 11.5 Å². The fourth-order valence-corrected chi connectivity index (χ4v) is 1.72. The van der Waals surface area contributed by atoms with Gasteiger partial charge >= 0.3 is 11.9 Å². The van der Waals surface area contributed by atoms with E-state index in [1.807, 2.05) is 26.8 Å². The van der Waals surface area contributed by atoms with Gasteiger partial charge in [-0.3, -0.25) is 9.59 Å². The zero-order chi connectivity index (χ0) is 16.4. The average Bonchev–Trinajstić information content (AvgIpc) is 2.46. The monoisotopic (exact) mass is 308 g/mol. The number of esters is 2. The molecule has 0 amide bonds. The largest absolute Gasteiger partial charge is 0.487 e. The Balaban J connectivity index is 2.40. The summed E-state index contributed by atoms with van der Waals surface area (Å²) < 4.78 is 15.8. The van der Waals surface area contributed by atoms with Gasteiger partial charge in [-0.05, 0) is 38.8 Å². The molecule has 0 fully saturated rings. The van der Waals surface area contributed by atoms with E-state index in [0.717, 1.165) is 6.42 Å². The third-order valence-corrected chi connectivity index (χ3v) is 2.66. The van der Waals surface area contributed by atoms with Crippen LogP contribution >= 0.6 is 0 Å². The standard InChI is InChI=1S/C17H24O5/c1-4-12-20-16(18)10-7-11-17(19)22-15-9-6-5-8-14(15)21-13(2)3/h5-6,8-9,13H,4,7,10-12H2,1-3H3. The molecule has 0 unspecified atom stereocenters. The molecule has 1 aromatic carbocycles. The molecule has 0 saturated carbocycles. The summed E-state index contributed by atoms with van der Waals surface area (Å²) in [5, 5.41) is 0. The highest BCUT2D eigenvalue weighted by atomic mass is 16.6. The number of benzene rings is 1. The lowest BCUT2D eigenvalue weighted by Crippen LogP contribution is -2.12. The molecule has 0 N–H and O–H groups in total. The highest BCUT2D eigenvalue weighted by Crippen LogP contribution is 2.27. The van der Waals surface area contributed by atoms with Crippen molar-refractivity contribution >= 4 is 11.9 Å². The summed E-state index contributed by atoms with van der Waals surface area (Å²) in [4.78, 5) is 23.1. The number of hydrogen-bond donors (Lipinski definition) is 0. The van der Waals surface area contributed by atoms with Crippen LogP contribution in [-0.2, 0) is 14.3 Å². The maximum absolute atomic E-state index is 11.8. The molecule has 0 spiro atoms. The summed E-state index contributed by atoms with van der Waals surface area (Å²) >= 11 is 0. The molecule has 22 heavy (non-hydrogen) atoms. The minimum absolute atomic E-state index is 0.00631. The lowest BCUT2D eigenvalue weighted by molar-refractivity contribution is -0.144. The van der Waals surface area contributed by atoms with Crippen LogP contribution in [0.5, 0.6) is 11.5 Å². The quantitative estimate of drug-likeness (QED) is 0.516. The Kier molecular flexibility index (Phi) is 8.04. The molecule has 0 aliphatic carbocycles. The van der Waals surface area contributed by atoms with Crippen LogP contribution in [0.4, 0.5) is 0 Å². The summed E-state index contributed by atoms with van der Waals surface area (Å²) in [5.74, 6) is 0.268. The molecule has 122 valence electrons. The van der Waals surface area contributed by atoms with E-state index >= 15 is 0 Å². The smallest absolute Gasteiger partial charge is 0.311 e. The van der Waals surface area contributed by atoms with Crippen molar-refractivity contribution in [2.24, 2.45) is 0 Å². The number of hydrogen-bond acceptors (Lipinski definition) is 5. The van der Waals surface area contributed by atoms with Gasteiger partial charge in [0.1, 0.15) is 0 Å². The summed E-state index contributed by atoms with van der Waals surface area (Å²) in [6, 6.07) is 7.03. The lowest BCUT2D eigenvalue weighted by Gasteiger charge is -2.13. The first-order valence-corrected chi connectivity index (χ1v) is 7.65. The van der Waals surface area contributed by atoms with Crippen LogP contribution in [0.3, 0.4) is 0 Å². The molecule has 5 nitrogen and oxygen atoms in total. The number of carbonyl (C=O) groups is 2. The van der Waals surface area contributed by atoms with Gasteiger partial charge in [-0.15, -0.1) is 0 Å². The molecule has 0 atom stereocenters. The maximum Gasteiger partial charge on any atom is 0.311 e. The summed E-state index contributed by atoms with van der Waals surface area (Å²) in [6.07, 6.45) is 1.58. The van der Waals surface area contributed by atoms with Gasteiger partial charge in [0.05, 0.1) is 12.7 Å². The third kappa shape index (κ3) is 7.11. The van der Waals surface area contributed by atoms with Crippen molar-refractivity contribution in [3.63, 3.8) is 0 Å². The molecular formula is C17H24O5. The molecule has 5 heteroatoms. The first-order valence-electron chi connectivity index (χ1n) is 7.65. The first kappa shape index (κ1) is 18.0. The van der Waals surface area contributed by atoms with Crippen molar-refractivity contribution in [1.29, 1.82) is 0 Å². The van der Waals surface area contributed by atoms with Gasteiger partial charge in [0, 0.05) is 12.8 Å². The predicted octanol–water partition coefficient (Wildman–Crippen LogP) is 3.50. The Bertz CT molecular complexity index is 482. The topological polar surface area (TPSA) is 61.8 Å². The van der Waals surface area contributed by atoms with Crippen LogP contribution < -0.4 is 9.47 Å². The average molecular weight is 308 g/mol. The van der Waals surface area contributed by atoms with Crippen LogP contribution in [-0.4, -0.2) is 24.6 Å². The number of para-hydroxylation sites is 2. The van der Waals surface area contributed by atoms with Crippen molar-refractivity contribution in [1.82, 2.24) is 0 Å². The van der Waals surface area contributed by atoms with Gasteiger partial charge < -0.3 is 14.2 Å².